The Hall–Kier alpha value is -0.320. The van der Waals surface area contributed by atoms with Gasteiger partial charge in [0.1, 0.15) is 0 Å². The van der Waals surface area contributed by atoms with E-state index in [1.807, 2.05) is 0 Å². The van der Waals surface area contributed by atoms with Crippen LogP contribution in [0.15, 0.2) is 0 Å². The molecule has 0 aromatic carbocycles. The van der Waals surface area contributed by atoms with Crippen molar-refractivity contribution in [2.45, 2.75) is 161 Å². The second-order valence-electron chi connectivity index (χ2n) is 14.4. The van der Waals surface area contributed by atoms with Gasteiger partial charge in [-0.3, -0.25) is 9.80 Å². The van der Waals surface area contributed by atoms with E-state index in [-0.39, 0.29) is 35.1 Å². The molecule has 2 aliphatic rings. The zero-order valence-corrected chi connectivity index (χ0v) is 27.0. The van der Waals surface area contributed by atoms with Gasteiger partial charge in [-0.1, -0.05) is 0 Å². The van der Waals surface area contributed by atoms with Crippen molar-refractivity contribution in [1.29, 1.82) is 0 Å². The Labute approximate surface area is 239 Å². The summed E-state index contributed by atoms with van der Waals surface area (Å²) in [5.74, 6) is 0. The minimum absolute atomic E-state index is 0.0237. The molecule has 0 radical (unpaired) electrons. The number of hydrogen-bond acceptors (Lipinski definition) is 8. The predicted octanol–water partition coefficient (Wildman–Crippen LogP) is 4.24. The first kappa shape index (κ1) is 34.9. The molecule has 2 rings (SSSR count). The van der Waals surface area contributed by atoms with E-state index in [4.69, 9.17) is 18.9 Å². The van der Waals surface area contributed by atoms with Gasteiger partial charge in [-0.15, -0.1) is 0 Å². The van der Waals surface area contributed by atoms with Crippen LogP contribution in [0.25, 0.3) is 0 Å². The summed E-state index contributed by atoms with van der Waals surface area (Å²) < 4.78 is 24.9. The fourth-order valence-corrected chi connectivity index (χ4v) is 5.52. The highest BCUT2D eigenvalue weighted by molar-refractivity contribution is 4.87. The van der Waals surface area contributed by atoms with E-state index in [1.165, 1.54) is 0 Å². The fraction of sp³-hybridized carbons (Fsp3) is 1.00. The Morgan fingerprint density at radius 2 is 1.13 bits per heavy atom. The van der Waals surface area contributed by atoms with Crippen LogP contribution in [-0.2, 0) is 18.9 Å². The molecule has 2 saturated heterocycles. The molecule has 9 unspecified atom stereocenters. The van der Waals surface area contributed by atoms with Gasteiger partial charge in [0.05, 0.1) is 60.5 Å². The van der Waals surface area contributed by atoms with Crippen LogP contribution in [0.5, 0.6) is 0 Å². The van der Waals surface area contributed by atoms with Crippen molar-refractivity contribution in [3.05, 3.63) is 0 Å². The number of ether oxygens (including phenoxy) is 4. The molecule has 0 saturated carbocycles. The fourth-order valence-electron chi connectivity index (χ4n) is 5.52. The summed E-state index contributed by atoms with van der Waals surface area (Å²) in [5, 5.41) is 20.5. The highest BCUT2D eigenvalue weighted by Gasteiger charge is 2.34. The maximum Gasteiger partial charge on any atom is 0.0900 e. The van der Waals surface area contributed by atoms with Crippen molar-refractivity contribution >= 4 is 0 Å². The van der Waals surface area contributed by atoms with Crippen molar-refractivity contribution in [3.8, 4) is 0 Å². The predicted molar refractivity (Wildman–Crippen MR) is 157 cm³/mol. The number of nitrogens with zero attached hydrogens (tertiary/aromatic N) is 2. The Kier molecular flexibility index (Phi) is 13.2. The van der Waals surface area contributed by atoms with Gasteiger partial charge in [0.25, 0.3) is 0 Å². The summed E-state index contributed by atoms with van der Waals surface area (Å²) in [6, 6.07) is 1.18. The van der Waals surface area contributed by atoms with Crippen molar-refractivity contribution in [2.75, 3.05) is 39.4 Å². The Morgan fingerprint density at radius 3 is 1.59 bits per heavy atom. The van der Waals surface area contributed by atoms with Gasteiger partial charge in [-0.25, -0.2) is 0 Å². The number of rotatable bonds is 21. The van der Waals surface area contributed by atoms with Crippen LogP contribution in [0, 0.1) is 0 Å². The van der Waals surface area contributed by atoms with E-state index in [9.17, 15) is 10.2 Å². The largest absolute Gasteiger partial charge is 0.389 e. The second-order valence-corrected chi connectivity index (χ2v) is 14.4. The first-order valence-corrected chi connectivity index (χ1v) is 15.3. The molecule has 9 atom stereocenters. The van der Waals surface area contributed by atoms with Gasteiger partial charge >= 0.3 is 0 Å². The van der Waals surface area contributed by atoms with Crippen LogP contribution < -0.4 is 0 Å². The Balaban J connectivity index is 1.65. The highest BCUT2D eigenvalue weighted by atomic mass is 16.5. The average molecular weight is 559 g/mol. The molecular formula is C31H62N2O6. The molecule has 0 amide bonds. The molecule has 0 bridgehead atoms. The molecule has 232 valence electrons. The van der Waals surface area contributed by atoms with Crippen molar-refractivity contribution in [2.24, 2.45) is 0 Å². The smallest absolute Gasteiger partial charge is 0.0900 e. The van der Waals surface area contributed by atoms with Gasteiger partial charge in [-0.2, -0.15) is 0 Å². The lowest BCUT2D eigenvalue weighted by Gasteiger charge is -2.37. The van der Waals surface area contributed by atoms with Crippen LogP contribution >= 0.6 is 0 Å². The van der Waals surface area contributed by atoms with Crippen molar-refractivity contribution < 1.29 is 29.2 Å². The van der Waals surface area contributed by atoms with Crippen molar-refractivity contribution in [1.82, 2.24) is 9.80 Å². The van der Waals surface area contributed by atoms with E-state index in [0.29, 0.717) is 38.4 Å². The van der Waals surface area contributed by atoms with E-state index in [1.54, 1.807) is 0 Å². The SMILES string of the molecule is CC(CC(C)OC(C)(C)CCC(C)(C)OC(C)CC(C)(C)OCC(O)CN1CC1C)OCC(O)CN1CC1C. The molecule has 8 heteroatoms. The Morgan fingerprint density at radius 1 is 0.692 bits per heavy atom. The van der Waals surface area contributed by atoms with Gasteiger partial charge in [0.2, 0.25) is 0 Å². The third-order valence-electron chi connectivity index (χ3n) is 7.92. The van der Waals surface area contributed by atoms with Crippen LogP contribution in [0.4, 0.5) is 0 Å². The molecule has 0 spiro atoms. The molecule has 8 nitrogen and oxygen atoms in total. The Bertz CT molecular complexity index is 717. The third-order valence-corrected chi connectivity index (χ3v) is 7.92. The van der Waals surface area contributed by atoms with Gasteiger partial charge in [-0.05, 0) is 95.4 Å². The molecule has 39 heavy (non-hydrogen) atoms. The monoisotopic (exact) mass is 558 g/mol. The molecule has 2 fully saturated rings. The number of hydrogen-bond donors (Lipinski definition) is 2. The maximum atomic E-state index is 10.3. The maximum absolute atomic E-state index is 10.3. The van der Waals surface area contributed by atoms with Crippen LogP contribution in [-0.4, -0.2) is 119 Å². The summed E-state index contributed by atoms with van der Waals surface area (Å²) in [5.41, 5.74) is -0.955. The van der Waals surface area contributed by atoms with E-state index in [0.717, 1.165) is 38.8 Å². The zero-order chi connectivity index (χ0) is 29.6. The standard InChI is InChI=1S/C31H62N2O6/c1-22-16-32(22)18-27(34)20-36-24(3)14-25(4)38-29(6,7)12-13-30(8,9)39-26(5)15-31(10,11)37-21-28(35)19-33-17-23(33)2/h22-28,34-35H,12-21H2,1-11H3. The molecule has 2 aliphatic heterocycles. The second kappa shape index (κ2) is 14.7. The number of aliphatic hydroxyl groups is 2. The molecular weight excluding hydrogens is 496 g/mol. The highest BCUT2D eigenvalue weighted by Crippen LogP contribution is 2.30. The minimum atomic E-state index is -0.456. The first-order valence-electron chi connectivity index (χ1n) is 15.3. The molecule has 2 heterocycles. The lowest BCUT2D eigenvalue weighted by molar-refractivity contribution is -0.133. The number of β-amino-alcohol motifs (C(OH)–C–C–N with tert-alkyl or cyclic N) is 2. The van der Waals surface area contributed by atoms with Crippen LogP contribution in [0.3, 0.4) is 0 Å². The topological polar surface area (TPSA) is 83.4 Å². The van der Waals surface area contributed by atoms with Crippen molar-refractivity contribution in [3.63, 3.8) is 0 Å². The summed E-state index contributed by atoms with van der Waals surface area (Å²) in [7, 11) is 0. The normalized spacial score (nSPS) is 27.6. The molecule has 0 aromatic rings. The molecule has 2 N–H and O–H groups in total. The first-order chi connectivity index (χ1) is 17.9. The lowest BCUT2D eigenvalue weighted by Crippen LogP contribution is -2.39. The summed E-state index contributed by atoms with van der Waals surface area (Å²) in [4.78, 5) is 4.49. The molecule has 0 aromatic heterocycles. The van der Waals surface area contributed by atoms with E-state index in [2.05, 4.69) is 86.0 Å². The van der Waals surface area contributed by atoms with Gasteiger partial charge < -0.3 is 29.2 Å². The zero-order valence-electron chi connectivity index (χ0n) is 27.0. The van der Waals surface area contributed by atoms with E-state index < -0.39 is 12.2 Å². The van der Waals surface area contributed by atoms with E-state index >= 15 is 0 Å². The van der Waals surface area contributed by atoms with Gasteiger partial charge in [0, 0.05) is 44.7 Å². The third kappa shape index (κ3) is 14.9. The number of aliphatic hydroxyl groups excluding tert-OH is 2. The molecule has 0 aliphatic carbocycles. The van der Waals surface area contributed by atoms with Gasteiger partial charge in [0.15, 0.2) is 0 Å². The summed E-state index contributed by atoms with van der Waals surface area (Å²) in [6.07, 6.45) is 2.50. The van der Waals surface area contributed by atoms with Crippen LogP contribution in [0.1, 0.15) is 102 Å². The van der Waals surface area contributed by atoms with Crippen LogP contribution in [0.2, 0.25) is 0 Å². The minimum Gasteiger partial charge on any atom is -0.389 e. The summed E-state index contributed by atoms with van der Waals surface area (Å²) in [6.45, 7) is 27.5. The summed E-state index contributed by atoms with van der Waals surface area (Å²) >= 11 is 0. The quantitative estimate of drug-likeness (QED) is 0.203. The lowest BCUT2D eigenvalue weighted by atomic mass is 9.92. The average Bonchev–Trinajstić information content (AvgIpc) is 3.66.